The molecule has 2 aromatic heterocycles. The lowest BCUT2D eigenvalue weighted by Gasteiger charge is -2.43. The smallest absolute Gasteiger partial charge is 0.362 e. The predicted molar refractivity (Wildman–Crippen MR) is 145 cm³/mol. The number of hydrogen-bond donors (Lipinski definition) is 6. The van der Waals surface area contributed by atoms with Crippen LogP contribution >= 0.6 is 11.3 Å². The molecule has 3 aromatic rings. The molecule has 224 valence electrons. The van der Waals surface area contributed by atoms with Gasteiger partial charge < -0.3 is 31.5 Å². The first kappa shape index (κ1) is 31.4. The van der Waals surface area contributed by atoms with E-state index in [1.807, 2.05) is 0 Å². The molecule has 0 aliphatic carbocycles. The topological polar surface area (TPSA) is 291 Å². The Morgan fingerprint density at radius 2 is 1.98 bits per heavy atom. The van der Waals surface area contributed by atoms with Crippen LogP contribution < -0.4 is 21.5 Å². The molecule has 1 saturated heterocycles. The van der Waals surface area contributed by atoms with Crippen molar-refractivity contribution in [1.29, 1.82) is 5.41 Å². The minimum absolute atomic E-state index is 0.0431. The number of aromatic nitrogens is 4. The summed E-state index contributed by atoms with van der Waals surface area (Å²) in [4.78, 5) is 47.0. The molecule has 1 fully saturated rings. The third kappa shape index (κ3) is 7.96. The summed E-state index contributed by atoms with van der Waals surface area (Å²) in [6, 6.07) is 3.95. The summed E-state index contributed by atoms with van der Waals surface area (Å²) in [7, 11) is -4.90. The predicted octanol–water partition coefficient (Wildman–Crippen LogP) is -1.70. The van der Waals surface area contributed by atoms with E-state index in [0.29, 0.717) is 11.3 Å². The van der Waals surface area contributed by atoms with Gasteiger partial charge in [0.05, 0.1) is 12.6 Å². The van der Waals surface area contributed by atoms with E-state index in [-0.39, 0.29) is 52.9 Å². The van der Waals surface area contributed by atoms with Gasteiger partial charge in [-0.05, 0) is 24.3 Å². The minimum atomic E-state index is -4.90. The second-order valence-electron chi connectivity index (χ2n) is 7.98. The first-order chi connectivity index (χ1) is 20.0. The number of anilines is 1. The molecule has 8 N–H and O–H groups in total. The Balaban J connectivity index is 0.00000155. The number of amidine groups is 1. The van der Waals surface area contributed by atoms with Gasteiger partial charge in [-0.1, -0.05) is 5.16 Å². The first-order valence-electron chi connectivity index (χ1n) is 11.5. The van der Waals surface area contributed by atoms with Gasteiger partial charge in [0.2, 0.25) is 0 Å². The van der Waals surface area contributed by atoms with Crippen molar-refractivity contribution >= 4 is 56.6 Å². The first-order valence-corrected chi connectivity index (χ1v) is 13.7. The molecule has 1 aromatic carbocycles. The molecule has 1 aliphatic rings. The third-order valence-corrected chi connectivity index (χ3v) is 6.91. The van der Waals surface area contributed by atoms with Crippen LogP contribution in [0.4, 0.5) is 5.13 Å². The van der Waals surface area contributed by atoms with Crippen LogP contribution in [0.1, 0.15) is 11.3 Å². The van der Waals surface area contributed by atoms with E-state index in [2.05, 4.69) is 25.5 Å². The van der Waals surface area contributed by atoms with E-state index in [4.69, 9.17) is 36.4 Å². The Morgan fingerprint density at radius 3 is 2.52 bits per heavy atom. The number of hydrogen-bond acceptors (Lipinski definition) is 14. The highest BCUT2D eigenvalue weighted by Crippen LogP contribution is 2.25. The summed E-state index contributed by atoms with van der Waals surface area (Å²) < 4.78 is 39.9. The van der Waals surface area contributed by atoms with E-state index in [1.165, 1.54) is 22.7 Å². The second kappa shape index (κ2) is 14.0. The van der Waals surface area contributed by atoms with Crippen LogP contribution in [-0.4, -0.2) is 97.3 Å². The number of rotatable bonds is 12. The van der Waals surface area contributed by atoms with Crippen LogP contribution in [0.2, 0.25) is 0 Å². The van der Waals surface area contributed by atoms with Crippen molar-refractivity contribution < 1.29 is 42.0 Å². The molecular weight excluding hydrogens is 600 g/mol. The summed E-state index contributed by atoms with van der Waals surface area (Å²) in [5.74, 6) is -1.55. The van der Waals surface area contributed by atoms with Gasteiger partial charge >= 0.3 is 10.3 Å². The third-order valence-electron chi connectivity index (χ3n) is 5.29. The van der Waals surface area contributed by atoms with Crippen LogP contribution in [0.5, 0.6) is 5.75 Å². The Hall–Kier alpha value is -5.15. The van der Waals surface area contributed by atoms with E-state index in [1.54, 1.807) is 24.3 Å². The molecule has 0 saturated carbocycles. The van der Waals surface area contributed by atoms with E-state index < -0.39 is 34.2 Å². The summed E-state index contributed by atoms with van der Waals surface area (Å²) in [6.45, 7) is -0.478. The van der Waals surface area contributed by atoms with Crippen molar-refractivity contribution in [3.8, 4) is 5.75 Å². The van der Waals surface area contributed by atoms with Crippen molar-refractivity contribution in [1.82, 2.24) is 29.4 Å². The number of ether oxygens (including phenoxy) is 1. The monoisotopic (exact) mass is 624 g/mol. The maximum absolute atomic E-state index is 13.1. The number of carboxylic acid groups (broad SMARTS) is 1. The van der Waals surface area contributed by atoms with Crippen molar-refractivity contribution in [2.75, 3.05) is 18.9 Å². The molecule has 0 spiro atoms. The lowest BCUT2D eigenvalue weighted by molar-refractivity contribution is -0.145. The van der Waals surface area contributed by atoms with Gasteiger partial charge in [-0.25, -0.2) is 14.3 Å². The van der Waals surface area contributed by atoms with Crippen molar-refractivity contribution in [3.63, 3.8) is 0 Å². The second-order valence-corrected chi connectivity index (χ2v) is 10.2. The quantitative estimate of drug-likeness (QED) is 0.0249. The number of benzene rings is 1. The number of oxime groups is 1. The number of nitrogens with one attached hydrogen (secondary N) is 2. The normalized spacial score (nSPS) is 16.5. The molecule has 21 heteroatoms. The number of β-lactam (4-membered cyclic amide) rings is 1. The fourth-order valence-corrected chi connectivity index (χ4v) is 4.93. The Kier molecular flexibility index (Phi) is 10.4. The summed E-state index contributed by atoms with van der Waals surface area (Å²) in [5, 5.41) is 26.0. The maximum atomic E-state index is 13.1. The highest BCUT2D eigenvalue weighted by Gasteiger charge is 2.54. The molecular formula is C21H24N10O9S2. The largest absolute Gasteiger partial charge is 0.490 e. The van der Waals surface area contributed by atoms with E-state index in [0.717, 1.165) is 11.3 Å². The summed E-state index contributed by atoms with van der Waals surface area (Å²) >= 11 is 1.04. The molecule has 1 aliphatic heterocycles. The van der Waals surface area contributed by atoms with Gasteiger partial charge in [0.15, 0.2) is 17.5 Å². The minimum Gasteiger partial charge on any atom is -0.490 e. The molecule has 42 heavy (non-hydrogen) atoms. The highest BCUT2D eigenvalue weighted by molar-refractivity contribution is 7.84. The van der Waals surface area contributed by atoms with Crippen molar-refractivity contribution in [2.45, 2.75) is 18.6 Å². The molecule has 3 heterocycles. The Labute approximate surface area is 241 Å². The molecule has 2 atom stereocenters. The van der Waals surface area contributed by atoms with Gasteiger partial charge in [-0.2, -0.15) is 13.5 Å². The van der Waals surface area contributed by atoms with Gasteiger partial charge in [0.25, 0.3) is 18.3 Å². The average Bonchev–Trinajstić information content (AvgIpc) is 3.60. The van der Waals surface area contributed by atoms with E-state index >= 15 is 0 Å². The Bertz CT molecular complexity index is 1540. The van der Waals surface area contributed by atoms with Crippen LogP contribution in [-0.2, 0) is 36.1 Å². The number of nitrogens with zero attached hydrogens (tertiary/aromatic N) is 6. The van der Waals surface area contributed by atoms with Crippen LogP contribution in [0.25, 0.3) is 0 Å². The molecule has 0 radical (unpaired) electrons. The van der Waals surface area contributed by atoms with E-state index in [9.17, 15) is 22.6 Å². The fourth-order valence-electron chi connectivity index (χ4n) is 3.51. The summed E-state index contributed by atoms with van der Waals surface area (Å²) in [6.07, 6.45) is 2.48. The Morgan fingerprint density at radius 1 is 1.29 bits per heavy atom. The lowest BCUT2D eigenvalue weighted by Crippen LogP contribution is -2.73. The average molecular weight is 625 g/mol. The number of nitrogen functional groups attached to an aromatic ring is 2. The van der Waals surface area contributed by atoms with Gasteiger partial charge in [-0.15, -0.1) is 11.3 Å². The fraction of sp³-hybridized carbons (Fsp3) is 0.238. The lowest BCUT2D eigenvalue weighted by atomic mass is 9.98. The molecule has 0 bridgehead atoms. The van der Waals surface area contributed by atoms with Crippen LogP contribution in [0.15, 0.2) is 47.5 Å². The number of carbonyl (C=O) groups is 3. The van der Waals surface area contributed by atoms with Gasteiger partial charge in [-0.3, -0.25) is 29.0 Å². The summed E-state index contributed by atoms with van der Waals surface area (Å²) in [5.41, 5.74) is 11.4. The molecule has 2 amide bonds. The SMILES string of the molecule is N=C(N)c1ccc(OCCO/N=C(\C(=O)NC2C(=O)N(S(=O)(=O)O)C2Cn2cncn2)c2csc(N)n2)cc1.O=CO. The number of nitrogens with two attached hydrogens (primary N) is 2. The zero-order chi connectivity index (χ0) is 30.9. The zero-order valence-electron chi connectivity index (χ0n) is 21.3. The zero-order valence-corrected chi connectivity index (χ0v) is 22.9. The highest BCUT2D eigenvalue weighted by atomic mass is 32.2. The number of carbonyl (C=O) groups excluding carboxylic acids is 2. The number of amides is 2. The molecule has 2 unspecified atom stereocenters. The van der Waals surface area contributed by atoms with Gasteiger partial charge in [0.1, 0.15) is 42.6 Å². The standard InChI is InChI=1S/C20H22N10O7S2.CH2O2/c21-17(22)11-1-3-12(4-2-11)36-5-6-37-28-15(13-8-38-20(23)26-13)18(31)27-16-14(7-29-10-24-9-25-29)30(19(16)32)39(33,34)35;2-1-3/h1-4,8-10,14,16H,5-7H2,(H3,21,22)(H2,23,26)(H,27,31)(H,33,34,35);1H,(H,2,3)/b28-15-;. The van der Waals surface area contributed by atoms with Crippen LogP contribution in [0.3, 0.4) is 0 Å². The molecule has 19 nitrogen and oxygen atoms in total. The maximum Gasteiger partial charge on any atom is 0.362 e. The molecule has 4 rings (SSSR count). The number of thiazole rings is 1. The van der Waals surface area contributed by atoms with Crippen molar-refractivity contribution in [3.05, 3.63) is 53.6 Å². The van der Waals surface area contributed by atoms with Gasteiger partial charge in [0, 0.05) is 10.9 Å². The van der Waals surface area contributed by atoms with Crippen molar-refractivity contribution in [2.24, 2.45) is 10.9 Å². The van der Waals surface area contributed by atoms with Crippen LogP contribution in [0, 0.1) is 5.41 Å².